The fraction of sp³-hybridized carbons (Fsp3) is 0. The molecule has 47 heavy (non-hydrogen) atoms. The summed E-state index contributed by atoms with van der Waals surface area (Å²) in [6.07, 6.45) is 3.53. The summed E-state index contributed by atoms with van der Waals surface area (Å²) < 4.78 is 6.47. The Morgan fingerprint density at radius 3 is 2.11 bits per heavy atom. The van der Waals surface area contributed by atoms with Crippen LogP contribution in [0.25, 0.3) is 89.1 Å². The lowest BCUT2D eigenvalue weighted by molar-refractivity contribution is 0.620. The van der Waals surface area contributed by atoms with Gasteiger partial charge < -0.3 is 4.42 Å². The highest BCUT2D eigenvalue weighted by atomic mass is 16.3. The quantitative estimate of drug-likeness (QED) is 0.196. The van der Waals surface area contributed by atoms with Crippen molar-refractivity contribution in [2.75, 3.05) is 0 Å². The largest absolute Gasteiger partial charge is 0.435 e. The minimum atomic E-state index is 0.551. The maximum atomic E-state index is 6.47. The van der Waals surface area contributed by atoms with Crippen LogP contribution in [0.15, 0.2) is 162 Å². The van der Waals surface area contributed by atoms with Crippen LogP contribution in [0.2, 0.25) is 0 Å². The zero-order valence-corrected chi connectivity index (χ0v) is 25.2. The van der Waals surface area contributed by atoms with Crippen LogP contribution in [0.3, 0.4) is 0 Å². The van der Waals surface area contributed by atoms with Crippen molar-refractivity contribution in [2.45, 2.75) is 0 Å². The van der Waals surface area contributed by atoms with E-state index in [1.165, 1.54) is 0 Å². The van der Waals surface area contributed by atoms with Gasteiger partial charge >= 0.3 is 0 Å². The third-order valence-electron chi connectivity index (χ3n) is 8.60. The van der Waals surface area contributed by atoms with Gasteiger partial charge in [-0.15, -0.1) is 0 Å². The molecule has 0 spiro atoms. The number of hydrogen-bond donors (Lipinski definition) is 0. The smallest absolute Gasteiger partial charge is 0.228 e. The molecule has 0 atom stereocenters. The van der Waals surface area contributed by atoms with Gasteiger partial charge in [0, 0.05) is 34.5 Å². The Hall–Kier alpha value is -6.46. The molecule has 9 rings (SSSR count). The van der Waals surface area contributed by atoms with Crippen molar-refractivity contribution in [1.29, 1.82) is 0 Å². The molecule has 5 nitrogen and oxygen atoms in total. The van der Waals surface area contributed by atoms with Crippen LogP contribution in [-0.4, -0.2) is 19.9 Å². The van der Waals surface area contributed by atoms with Gasteiger partial charge in [0.25, 0.3) is 0 Å². The molecular weight excluding hydrogens is 576 g/mol. The van der Waals surface area contributed by atoms with Crippen molar-refractivity contribution in [3.8, 4) is 56.4 Å². The van der Waals surface area contributed by atoms with E-state index in [0.29, 0.717) is 11.7 Å². The van der Waals surface area contributed by atoms with Gasteiger partial charge in [0.2, 0.25) is 5.89 Å². The second-order valence-electron chi connectivity index (χ2n) is 11.5. The maximum absolute atomic E-state index is 6.47. The lowest BCUT2D eigenvalue weighted by atomic mass is 9.88. The Kier molecular flexibility index (Phi) is 6.39. The summed E-state index contributed by atoms with van der Waals surface area (Å²) in [5.74, 6) is 1.26. The van der Waals surface area contributed by atoms with Crippen LogP contribution in [0, 0.1) is 0 Å². The first kappa shape index (κ1) is 26.9. The van der Waals surface area contributed by atoms with Gasteiger partial charge in [0.05, 0.1) is 16.8 Å². The monoisotopic (exact) mass is 602 g/mol. The fourth-order valence-corrected chi connectivity index (χ4v) is 6.42. The lowest BCUT2D eigenvalue weighted by Crippen LogP contribution is -1.95. The van der Waals surface area contributed by atoms with Crippen LogP contribution in [0.4, 0.5) is 0 Å². The first-order valence-corrected chi connectivity index (χ1v) is 15.6. The third-order valence-corrected chi connectivity index (χ3v) is 8.60. The van der Waals surface area contributed by atoms with Gasteiger partial charge in [-0.1, -0.05) is 115 Å². The number of para-hydroxylation sites is 2. The molecule has 5 heteroatoms. The Labute approximate surface area is 270 Å². The number of fused-ring (bicyclic) bond motifs is 3. The maximum Gasteiger partial charge on any atom is 0.228 e. The van der Waals surface area contributed by atoms with E-state index in [-0.39, 0.29) is 0 Å². The van der Waals surface area contributed by atoms with Crippen LogP contribution < -0.4 is 0 Å². The molecule has 0 aliphatic rings. The predicted octanol–water partition coefficient (Wildman–Crippen LogP) is 10.7. The standard InChI is InChI=1S/C42H26N4O/c1-2-12-28(13-3-1)41-44-36-20-7-6-18-35(36)39(46-41)30-15-8-14-29(25-30)38-32-17-5-4-11-27(32)22-23-33(38)34-19-9-21-37-40(34)47-42(45-37)31-16-10-24-43-26-31/h1-26H. The summed E-state index contributed by atoms with van der Waals surface area (Å²) in [4.78, 5) is 19.2. The van der Waals surface area contributed by atoms with E-state index in [2.05, 4.69) is 96.0 Å². The number of aromatic nitrogens is 4. The number of benzene rings is 6. The molecule has 220 valence electrons. The topological polar surface area (TPSA) is 64.7 Å². The highest BCUT2D eigenvalue weighted by Crippen LogP contribution is 2.43. The summed E-state index contributed by atoms with van der Waals surface area (Å²) in [5, 5.41) is 3.33. The molecule has 3 aromatic heterocycles. The van der Waals surface area contributed by atoms with E-state index in [4.69, 9.17) is 19.4 Å². The van der Waals surface area contributed by atoms with Crippen molar-refractivity contribution in [2.24, 2.45) is 0 Å². The minimum Gasteiger partial charge on any atom is -0.435 e. The molecular formula is C42H26N4O. The lowest BCUT2D eigenvalue weighted by Gasteiger charge is -2.16. The van der Waals surface area contributed by atoms with Gasteiger partial charge in [-0.05, 0) is 57.8 Å². The highest BCUT2D eigenvalue weighted by molar-refractivity contribution is 6.08. The van der Waals surface area contributed by atoms with Crippen molar-refractivity contribution in [3.63, 3.8) is 0 Å². The molecule has 6 aromatic carbocycles. The van der Waals surface area contributed by atoms with Gasteiger partial charge in [-0.2, -0.15) is 0 Å². The molecule has 0 aliphatic heterocycles. The minimum absolute atomic E-state index is 0.551. The van der Waals surface area contributed by atoms with E-state index >= 15 is 0 Å². The van der Waals surface area contributed by atoms with Crippen LogP contribution in [0.1, 0.15) is 0 Å². The molecule has 0 N–H and O–H groups in total. The second-order valence-corrected chi connectivity index (χ2v) is 11.5. The predicted molar refractivity (Wildman–Crippen MR) is 190 cm³/mol. The SMILES string of the molecule is c1ccc(-c2nc(-c3cccc(-c4c(-c5cccc6nc(-c7cccnc7)oc56)ccc5ccccc45)c3)c3ccccc3n2)cc1. The van der Waals surface area contributed by atoms with Crippen LogP contribution in [0.5, 0.6) is 0 Å². The van der Waals surface area contributed by atoms with Crippen molar-refractivity contribution in [1.82, 2.24) is 19.9 Å². The summed E-state index contributed by atoms with van der Waals surface area (Å²) in [6.45, 7) is 0. The highest BCUT2D eigenvalue weighted by Gasteiger charge is 2.19. The van der Waals surface area contributed by atoms with E-state index < -0.39 is 0 Å². The molecule has 0 aliphatic carbocycles. The summed E-state index contributed by atoms with van der Waals surface area (Å²) in [6, 6.07) is 49.9. The van der Waals surface area contributed by atoms with E-state index in [1.807, 2.05) is 54.6 Å². The summed E-state index contributed by atoms with van der Waals surface area (Å²) in [7, 11) is 0. The van der Waals surface area contributed by atoms with Gasteiger partial charge in [0.15, 0.2) is 11.4 Å². The molecule has 9 aromatic rings. The molecule has 0 radical (unpaired) electrons. The molecule has 0 saturated carbocycles. The van der Waals surface area contributed by atoms with E-state index in [9.17, 15) is 0 Å². The fourth-order valence-electron chi connectivity index (χ4n) is 6.42. The number of hydrogen-bond acceptors (Lipinski definition) is 5. The Bertz CT molecular complexity index is 2580. The van der Waals surface area contributed by atoms with Crippen molar-refractivity contribution < 1.29 is 4.42 Å². The summed E-state index contributed by atoms with van der Waals surface area (Å²) >= 11 is 0. The number of oxazole rings is 1. The molecule has 3 heterocycles. The molecule has 0 amide bonds. The number of rotatable bonds is 5. The number of nitrogens with zero attached hydrogens (tertiary/aromatic N) is 4. The molecule has 0 unspecified atom stereocenters. The first-order valence-electron chi connectivity index (χ1n) is 15.6. The van der Waals surface area contributed by atoms with Crippen LogP contribution >= 0.6 is 0 Å². The molecule has 0 bridgehead atoms. The first-order chi connectivity index (χ1) is 23.3. The molecule has 0 fully saturated rings. The Morgan fingerprint density at radius 1 is 0.468 bits per heavy atom. The third kappa shape index (κ3) is 4.73. The number of pyridine rings is 1. The second kappa shape index (κ2) is 11.2. The van der Waals surface area contributed by atoms with Gasteiger partial charge in [-0.25, -0.2) is 15.0 Å². The van der Waals surface area contributed by atoms with E-state index in [1.54, 1.807) is 12.4 Å². The molecule has 0 saturated heterocycles. The van der Waals surface area contributed by atoms with Crippen molar-refractivity contribution in [3.05, 3.63) is 158 Å². The summed E-state index contributed by atoms with van der Waals surface area (Å²) in [5.41, 5.74) is 10.5. The Balaban J connectivity index is 1.27. The normalized spacial score (nSPS) is 11.4. The van der Waals surface area contributed by atoms with Gasteiger partial charge in [0.1, 0.15) is 5.52 Å². The van der Waals surface area contributed by atoms with E-state index in [0.717, 1.165) is 77.4 Å². The Morgan fingerprint density at radius 2 is 1.21 bits per heavy atom. The average Bonchev–Trinajstić information content (AvgIpc) is 3.60. The van der Waals surface area contributed by atoms with Crippen LogP contribution in [-0.2, 0) is 0 Å². The van der Waals surface area contributed by atoms with Gasteiger partial charge in [-0.3, -0.25) is 4.98 Å². The zero-order chi connectivity index (χ0) is 31.2. The average molecular weight is 603 g/mol. The zero-order valence-electron chi connectivity index (χ0n) is 25.2. The van der Waals surface area contributed by atoms with Crippen molar-refractivity contribution >= 4 is 32.8 Å².